The largest absolute Gasteiger partial charge is 0.462 e. The van der Waals surface area contributed by atoms with Crippen LogP contribution in [-0.4, -0.2) is 36.4 Å². The molecule has 400 valence electrons. The normalized spacial score (nSPS) is 13.0. The predicted molar refractivity (Wildman–Crippen MR) is 306 cm³/mol. The van der Waals surface area contributed by atoms with Crippen LogP contribution in [0.3, 0.4) is 0 Å². The number of rotatable bonds is 53. The van der Waals surface area contributed by atoms with Crippen LogP contribution in [0.5, 0.6) is 0 Å². The van der Waals surface area contributed by atoms with Gasteiger partial charge in [0.2, 0.25) is 0 Å². The molecule has 0 amide bonds. The summed E-state index contributed by atoms with van der Waals surface area (Å²) in [6.45, 7) is 4.03. The minimum Gasteiger partial charge on any atom is -0.462 e. The van der Waals surface area contributed by atoms with Gasteiger partial charge in [0.05, 0.1) is 6.61 Å². The second-order valence-electron chi connectivity index (χ2n) is 19.3. The number of carbonyl (C=O) groups excluding carboxylic acids is 2. The first-order valence-corrected chi connectivity index (χ1v) is 29.4. The quantitative estimate of drug-likeness (QED) is 0.0373. The highest BCUT2D eigenvalue weighted by molar-refractivity contribution is 5.70. The molecule has 5 nitrogen and oxygen atoms in total. The smallest absolute Gasteiger partial charge is 0.306 e. The first-order valence-electron chi connectivity index (χ1n) is 29.4. The Morgan fingerprint density at radius 1 is 0.343 bits per heavy atom. The van der Waals surface area contributed by atoms with E-state index in [-0.39, 0.29) is 25.2 Å². The molecular formula is C65H110O5. The van der Waals surface area contributed by atoms with Crippen molar-refractivity contribution in [1.29, 1.82) is 0 Å². The molecule has 0 radical (unpaired) electrons. The minimum atomic E-state index is -0.780. The van der Waals surface area contributed by atoms with Gasteiger partial charge in [-0.1, -0.05) is 264 Å². The standard InChI is InChI=1S/C65H110O5/c1-3-5-7-9-11-13-15-17-19-21-23-24-25-26-27-28-29-30-31-32-33-34-35-36-37-38-39-40-42-44-46-48-50-52-54-56-58-60-65(68)70-63(61-66)62-69-64(67)59-57-55-53-51-49-47-45-43-41-22-20-18-16-14-12-10-8-6-4-2/h5,7,11,13,17-20,23-24,26-27,29-30,32-33,35-36,63,66H,3-4,6,8-10,12,14-16,21-22,25,28,31,34,37-62H2,1-2H3/b7-5-,13-11-,19-17-,20-18-,24-23-,27-26-,30-29-,33-32-,36-35-. The number of unbranched alkanes of at least 4 members (excludes halogenated alkanes) is 27. The summed E-state index contributed by atoms with van der Waals surface area (Å²) >= 11 is 0. The van der Waals surface area contributed by atoms with E-state index in [9.17, 15) is 14.7 Å². The minimum absolute atomic E-state index is 0.0704. The number of hydrogen-bond donors (Lipinski definition) is 1. The van der Waals surface area contributed by atoms with Crippen LogP contribution in [0, 0.1) is 0 Å². The summed E-state index contributed by atoms with van der Waals surface area (Å²) in [5.74, 6) is -0.593. The molecule has 70 heavy (non-hydrogen) atoms. The molecule has 1 unspecified atom stereocenters. The Morgan fingerprint density at radius 2 is 0.614 bits per heavy atom. The average Bonchev–Trinajstić information content (AvgIpc) is 3.36. The summed E-state index contributed by atoms with van der Waals surface area (Å²) < 4.78 is 10.7. The van der Waals surface area contributed by atoms with Gasteiger partial charge in [-0.05, 0) is 103 Å². The Morgan fingerprint density at radius 3 is 0.943 bits per heavy atom. The van der Waals surface area contributed by atoms with E-state index in [1.54, 1.807) is 0 Å². The molecule has 0 fully saturated rings. The molecule has 0 aromatic heterocycles. The monoisotopic (exact) mass is 971 g/mol. The van der Waals surface area contributed by atoms with Gasteiger partial charge < -0.3 is 14.6 Å². The van der Waals surface area contributed by atoms with E-state index in [2.05, 4.69) is 123 Å². The maximum Gasteiger partial charge on any atom is 0.306 e. The van der Waals surface area contributed by atoms with Gasteiger partial charge in [0.25, 0.3) is 0 Å². The van der Waals surface area contributed by atoms with Gasteiger partial charge in [-0.15, -0.1) is 0 Å². The number of esters is 2. The van der Waals surface area contributed by atoms with Crippen LogP contribution < -0.4 is 0 Å². The van der Waals surface area contributed by atoms with E-state index in [1.807, 2.05) is 0 Å². The summed E-state index contributed by atoms with van der Waals surface area (Å²) in [6, 6.07) is 0. The molecule has 5 heteroatoms. The second kappa shape index (κ2) is 59.9. The fraction of sp³-hybridized carbons (Fsp3) is 0.692. The number of carbonyl (C=O) groups is 2. The van der Waals surface area contributed by atoms with Crippen LogP contribution >= 0.6 is 0 Å². The summed E-state index contributed by atoms with van der Waals surface area (Å²) in [7, 11) is 0. The fourth-order valence-electron chi connectivity index (χ4n) is 8.15. The van der Waals surface area contributed by atoms with Crippen LogP contribution in [0.15, 0.2) is 109 Å². The summed E-state index contributed by atoms with van der Waals surface area (Å²) in [5, 5.41) is 9.66. The van der Waals surface area contributed by atoms with Gasteiger partial charge in [-0.25, -0.2) is 0 Å². The zero-order valence-electron chi connectivity index (χ0n) is 45.7. The van der Waals surface area contributed by atoms with Crippen LogP contribution in [0.1, 0.15) is 271 Å². The molecule has 1 N–H and O–H groups in total. The van der Waals surface area contributed by atoms with E-state index in [0.29, 0.717) is 12.8 Å². The molecule has 0 aliphatic carbocycles. The van der Waals surface area contributed by atoms with Crippen LogP contribution in [-0.2, 0) is 19.1 Å². The van der Waals surface area contributed by atoms with Crippen molar-refractivity contribution in [2.75, 3.05) is 13.2 Å². The molecular weight excluding hydrogens is 861 g/mol. The van der Waals surface area contributed by atoms with E-state index in [0.717, 1.165) is 89.9 Å². The first-order chi connectivity index (χ1) is 34.6. The van der Waals surface area contributed by atoms with Crippen molar-refractivity contribution in [3.05, 3.63) is 109 Å². The highest BCUT2D eigenvalue weighted by atomic mass is 16.6. The maximum atomic E-state index is 12.3. The van der Waals surface area contributed by atoms with Crippen molar-refractivity contribution >= 4 is 11.9 Å². The van der Waals surface area contributed by atoms with Crippen molar-refractivity contribution < 1.29 is 24.2 Å². The van der Waals surface area contributed by atoms with Gasteiger partial charge in [-0.2, -0.15) is 0 Å². The van der Waals surface area contributed by atoms with Gasteiger partial charge >= 0.3 is 11.9 Å². The van der Waals surface area contributed by atoms with Crippen LogP contribution in [0.2, 0.25) is 0 Å². The number of aliphatic hydroxyl groups is 1. The Labute approximate surface area is 433 Å². The van der Waals surface area contributed by atoms with E-state index >= 15 is 0 Å². The van der Waals surface area contributed by atoms with Crippen LogP contribution in [0.25, 0.3) is 0 Å². The first kappa shape index (κ1) is 66.6. The number of aliphatic hydroxyl groups excluding tert-OH is 1. The number of hydrogen-bond acceptors (Lipinski definition) is 5. The van der Waals surface area contributed by atoms with Gasteiger partial charge in [-0.3, -0.25) is 9.59 Å². The van der Waals surface area contributed by atoms with Gasteiger partial charge in [0.15, 0.2) is 6.10 Å². The Kier molecular flexibility index (Phi) is 56.9. The van der Waals surface area contributed by atoms with Crippen molar-refractivity contribution in [1.82, 2.24) is 0 Å². The van der Waals surface area contributed by atoms with Crippen molar-refractivity contribution in [2.45, 2.75) is 277 Å². The second-order valence-corrected chi connectivity index (χ2v) is 19.3. The molecule has 0 aliphatic rings. The fourth-order valence-corrected chi connectivity index (χ4v) is 8.15. The third kappa shape index (κ3) is 57.1. The van der Waals surface area contributed by atoms with Crippen molar-refractivity contribution in [2.24, 2.45) is 0 Å². The molecule has 0 aliphatic heterocycles. The Bertz CT molecular complexity index is 1380. The van der Waals surface area contributed by atoms with Gasteiger partial charge in [0, 0.05) is 12.8 Å². The molecule has 0 spiro atoms. The summed E-state index contributed by atoms with van der Waals surface area (Å²) in [4.78, 5) is 24.5. The van der Waals surface area contributed by atoms with E-state index < -0.39 is 6.10 Å². The topological polar surface area (TPSA) is 72.8 Å². The molecule has 0 heterocycles. The molecule has 0 saturated heterocycles. The lowest BCUT2D eigenvalue weighted by Crippen LogP contribution is -2.28. The Hall–Kier alpha value is -3.44. The van der Waals surface area contributed by atoms with Gasteiger partial charge in [0.1, 0.15) is 6.61 Å². The Balaban J connectivity index is 3.53. The lowest BCUT2D eigenvalue weighted by Gasteiger charge is -2.15. The van der Waals surface area contributed by atoms with E-state index in [1.165, 1.54) is 154 Å². The highest BCUT2D eigenvalue weighted by Gasteiger charge is 2.16. The molecule has 1 atom stereocenters. The molecule has 0 aromatic carbocycles. The summed E-state index contributed by atoms with van der Waals surface area (Å²) in [6.07, 6.45) is 86.3. The number of allylic oxidation sites excluding steroid dienone is 18. The average molecular weight is 972 g/mol. The summed E-state index contributed by atoms with van der Waals surface area (Å²) in [5.41, 5.74) is 0. The third-order valence-corrected chi connectivity index (χ3v) is 12.6. The lowest BCUT2D eigenvalue weighted by molar-refractivity contribution is -0.161. The van der Waals surface area contributed by atoms with Crippen molar-refractivity contribution in [3.63, 3.8) is 0 Å². The highest BCUT2D eigenvalue weighted by Crippen LogP contribution is 2.15. The molecule has 0 aromatic rings. The lowest BCUT2D eigenvalue weighted by atomic mass is 10.0. The molecule has 0 saturated carbocycles. The molecule has 0 rings (SSSR count). The van der Waals surface area contributed by atoms with Crippen molar-refractivity contribution in [3.8, 4) is 0 Å². The zero-order chi connectivity index (χ0) is 50.6. The van der Waals surface area contributed by atoms with Crippen LogP contribution in [0.4, 0.5) is 0 Å². The molecule has 0 bridgehead atoms. The SMILES string of the molecule is CC/C=C\C/C=C\C/C=C\C/C=C\C/C=C\C/C=C\C/C=C\C/C=C\CCCCCCCCCCCCCCC(=O)OC(CO)COC(=O)CCCCCCCCCCC/C=C\CCCCCCCC. The maximum absolute atomic E-state index is 12.3. The van der Waals surface area contributed by atoms with E-state index in [4.69, 9.17) is 9.47 Å². The predicted octanol–water partition coefficient (Wildman–Crippen LogP) is 20.1. The third-order valence-electron chi connectivity index (χ3n) is 12.6. The zero-order valence-corrected chi connectivity index (χ0v) is 45.7. The number of ether oxygens (including phenoxy) is 2.